The van der Waals surface area contributed by atoms with Crippen LogP contribution in [0.3, 0.4) is 0 Å². The largest absolute Gasteiger partial charge is 0.319 e. The van der Waals surface area contributed by atoms with Crippen LogP contribution in [0.2, 0.25) is 15.5 Å². The maximum Gasteiger partial charge on any atom is 0.258 e. The first kappa shape index (κ1) is 14.5. The molecule has 19 heavy (non-hydrogen) atoms. The Morgan fingerprint density at radius 2 is 1.95 bits per heavy atom. The molecule has 0 saturated heterocycles. The number of pyridine rings is 2. The molecular weight excluding hydrogens is 376 g/mol. The molecule has 4 nitrogen and oxygen atoms in total. The number of nitrogens with zero attached hydrogens (tertiary/aromatic N) is 2. The fourth-order valence-electron chi connectivity index (χ4n) is 1.28. The molecule has 0 aromatic carbocycles. The van der Waals surface area contributed by atoms with Gasteiger partial charge in [0.15, 0.2) is 5.15 Å². The number of nitrogens with one attached hydrogen (secondary N) is 1. The number of hydrogen-bond donors (Lipinski definition) is 1. The summed E-state index contributed by atoms with van der Waals surface area (Å²) < 4.78 is 0.688. The van der Waals surface area contributed by atoms with Gasteiger partial charge in [-0.3, -0.25) is 4.79 Å². The van der Waals surface area contributed by atoms with Gasteiger partial charge in [0.2, 0.25) is 0 Å². The third kappa shape index (κ3) is 3.57. The summed E-state index contributed by atoms with van der Waals surface area (Å²) in [5.41, 5.74) is 0.564. The van der Waals surface area contributed by atoms with Crippen LogP contribution in [0.25, 0.3) is 0 Å². The average molecular weight is 381 g/mol. The summed E-state index contributed by atoms with van der Waals surface area (Å²) in [6.45, 7) is 0. The molecule has 98 valence electrons. The molecule has 0 radical (unpaired) electrons. The molecule has 0 unspecified atom stereocenters. The van der Waals surface area contributed by atoms with Gasteiger partial charge in [0.05, 0.1) is 11.3 Å². The maximum atomic E-state index is 12.0. The summed E-state index contributed by atoms with van der Waals surface area (Å²) in [7, 11) is 0. The van der Waals surface area contributed by atoms with Gasteiger partial charge in [-0.05, 0) is 34.1 Å². The fraction of sp³-hybridized carbons (Fsp3) is 0. The van der Waals surface area contributed by atoms with Gasteiger partial charge in [-0.1, -0.05) is 34.8 Å². The number of halogens is 4. The van der Waals surface area contributed by atoms with Crippen molar-refractivity contribution < 1.29 is 4.79 Å². The van der Waals surface area contributed by atoms with Crippen molar-refractivity contribution in [3.8, 4) is 0 Å². The molecule has 0 aliphatic heterocycles. The Morgan fingerprint density at radius 1 is 1.21 bits per heavy atom. The first-order valence-electron chi connectivity index (χ1n) is 4.92. The lowest BCUT2D eigenvalue weighted by Crippen LogP contribution is -2.13. The third-order valence-corrected chi connectivity index (χ3v) is 3.35. The van der Waals surface area contributed by atoms with Gasteiger partial charge in [-0.2, -0.15) is 0 Å². The highest BCUT2D eigenvalue weighted by atomic mass is 79.9. The molecule has 2 heterocycles. The van der Waals surface area contributed by atoms with Crippen molar-refractivity contribution in [3.63, 3.8) is 0 Å². The van der Waals surface area contributed by atoms with Gasteiger partial charge in [0.25, 0.3) is 5.91 Å². The number of aromatic nitrogens is 2. The summed E-state index contributed by atoms with van der Waals surface area (Å²) in [4.78, 5) is 19.7. The van der Waals surface area contributed by atoms with E-state index in [-0.39, 0.29) is 21.0 Å². The van der Waals surface area contributed by atoms with E-state index < -0.39 is 5.91 Å². The number of rotatable bonds is 2. The van der Waals surface area contributed by atoms with Gasteiger partial charge < -0.3 is 5.32 Å². The molecule has 2 aromatic rings. The van der Waals surface area contributed by atoms with Crippen LogP contribution in [-0.2, 0) is 0 Å². The summed E-state index contributed by atoms with van der Waals surface area (Å²) in [5.74, 6) is -0.448. The van der Waals surface area contributed by atoms with Gasteiger partial charge in [-0.15, -0.1) is 0 Å². The number of carbonyl (C=O) groups excluding carboxylic acids is 1. The van der Waals surface area contributed by atoms with Crippen LogP contribution in [-0.4, -0.2) is 15.9 Å². The van der Waals surface area contributed by atoms with Crippen molar-refractivity contribution in [1.82, 2.24) is 9.97 Å². The molecule has 8 heteroatoms. The normalized spacial score (nSPS) is 10.3. The second-order valence-corrected chi connectivity index (χ2v) is 5.44. The summed E-state index contributed by atoms with van der Waals surface area (Å²) in [5, 5.41) is 3.00. The molecule has 0 atom stereocenters. The van der Waals surface area contributed by atoms with Gasteiger partial charge in [0.1, 0.15) is 10.3 Å². The lowest BCUT2D eigenvalue weighted by molar-refractivity contribution is 0.102. The van der Waals surface area contributed by atoms with Crippen molar-refractivity contribution in [1.29, 1.82) is 0 Å². The van der Waals surface area contributed by atoms with Crippen LogP contribution >= 0.6 is 50.7 Å². The number of hydrogen-bond acceptors (Lipinski definition) is 3. The predicted octanol–water partition coefficient (Wildman–Crippen LogP) is 4.45. The second kappa shape index (κ2) is 6.05. The molecule has 1 N–H and O–H groups in total. The zero-order valence-corrected chi connectivity index (χ0v) is 13.0. The Hall–Kier alpha value is -0.880. The summed E-state index contributed by atoms with van der Waals surface area (Å²) >= 11 is 20.6. The minimum Gasteiger partial charge on any atom is -0.319 e. The van der Waals surface area contributed by atoms with E-state index in [9.17, 15) is 4.79 Å². The smallest absolute Gasteiger partial charge is 0.258 e. The van der Waals surface area contributed by atoms with Crippen LogP contribution in [0, 0.1) is 0 Å². The third-order valence-electron chi connectivity index (χ3n) is 2.11. The zero-order valence-electron chi connectivity index (χ0n) is 9.12. The summed E-state index contributed by atoms with van der Waals surface area (Å²) in [6, 6.07) is 4.58. The fourth-order valence-corrected chi connectivity index (χ4v) is 2.19. The highest BCUT2D eigenvalue weighted by molar-refractivity contribution is 9.10. The van der Waals surface area contributed by atoms with Gasteiger partial charge in [-0.25, -0.2) is 9.97 Å². The van der Waals surface area contributed by atoms with Crippen molar-refractivity contribution in [3.05, 3.63) is 49.9 Å². The van der Waals surface area contributed by atoms with Crippen LogP contribution in [0.4, 0.5) is 5.69 Å². The van der Waals surface area contributed by atoms with E-state index in [0.717, 1.165) is 0 Å². The number of carbonyl (C=O) groups is 1. The van der Waals surface area contributed by atoms with E-state index >= 15 is 0 Å². The topological polar surface area (TPSA) is 54.9 Å². The molecule has 0 aliphatic carbocycles. The zero-order chi connectivity index (χ0) is 14.0. The highest BCUT2D eigenvalue weighted by Gasteiger charge is 2.14. The average Bonchev–Trinajstić information content (AvgIpc) is 2.33. The van der Waals surface area contributed by atoms with E-state index in [1.807, 2.05) is 0 Å². The Balaban J connectivity index is 2.28. The molecule has 2 rings (SSSR count). The number of amides is 1. The van der Waals surface area contributed by atoms with Gasteiger partial charge in [0, 0.05) is 10.7 Å². The predicted molar refractivity (Wildman–Crippen MR) is 79.2 cm³/mol. The first-order valence-corrected chi connectivity index (χ1v) is 6.84. The van der Waals surface area contributed by atoms with Crippen molar-refractivity contribution in [2.45, 2.75) is 0 Å². The second-order valence-electron chi connectivity index (χ2n) is 3.42. The highest BCUT2D eigenvalue weighted by Crippen LogP contribution is 2.24. The van der Waals surface area contributed by atoms with E-state index in [0.29, 0.717) is 10.2 Å². The molecule has 1 amide bonds. The molecule has 2 aromatic heterocycles. The molecule has 0 aliphatic rings. The van der Waals surface area contributed by atoms with Crippen molar-refractivity contribution in [2.24, 2.45) is 0 Å². The Morgan fingerprint density at radius 3 is 2.63 bits per heavy atom. The lowest BCUT2D eigenvalue weighted by atomic mass is 10.2. The SMILES string of the molecule is O=C(Nc1cc(Br)cnc1Cl)c1ccc(Cl)nc1Cl. The lowest BCUT2D eigenvalue weighted by Gasteiger charge is -2.08. The Labute approximate surface area is 132 Å². The van der Waals surface area contributed by atoms with E-state index in [1.165, 1.54) is 18.3 Å². The van der Waals surface area contributed by atoms with Crippen LogP contribution in [0.15, 0.2) is 28.9 Å². The molecule has 0 spiro atoms. The molecule has 0 bridgehead atoms. The monoisotopic (exact) mass is 379 g/mol. The van der Waals surface area contributed by atoms with E-state index in [2.05, 4.69) is 31.2 Å². The summed E-state index contributed by atoms with van der Waals surface area (Å²) in [6.07, 6.45) is 1.52. The van der Waals surface area contributed by atoms with Crippen LogP contribution < -0.4 is 5.32 Å². The van der Waals surface area contributed by atoms with Crippen LogP contribution in [0.5, 0.6) is 0 Å². The standard InChI is InChI=1S/C11H5BrCl3N3O/c12-5-3-7(10(15)16-4-5)17-11(19)6-1-2-8(13)18-9(6)14/h1-4H,(H,17,19). The van der Waals surface area contributed by atoms with Crippen molar-refractivity contribution >= 4 is 62.3 Å². The molecule has 0 saturated carbocycles. The minimum atomic E-state index is -0.448. The quantitative estimate of drug-likeness (QED) is 0.782. The van der Waals surface area contributed by atoms with Gasteiger partial charge >= 0.3 is 0 Å². The van der Waals surface area contributed by atoms with E-state index in [4.69, 9.17) is 34.8 Å². The Kier molecular flexibility index (Phi) is 4.62. The van der Waals surface area contributed by atoms with E-state index in [1.54, 1.807) is 6.07 Å². The number of anilines is 1. The van der Waals surface area contributed by atoms with Crippen molar-refractivity contribution in [2.75, 3.05) is 5.32 Å². The maximum absolute atomic E-state index is 12.0. The molecular formula is C11H5BrCl3N3O. The Bertz CT molecular complexity index is 651. The minimum absolute atomic E-state index is 0.0177. The first-order chi connectivity index (χ1) is 8.97. The van der Waals surface area contributed by atoms with Crippen LogP contribution in [0.1, 0.15) is 10.4 Å². The molecule has 0 fully saturated rings.